The Kier molecular flexibility index (Phi) is 4.03. The summed E-state index contributed by atoms with van der Waals surface area (Å²) >= 11 is 0. The van der Waals surface area contributed by atoms with Crippen LogP contribution in [0.2, 0.25) is 0 Å². The zero-order valence-electron chi connectivity index (χ0n) is 12.1. The zero-order chi connectivity index (χ0) is 14.7. The van der Waals surface area contributed by atoms with E-state index in [9.17, 15) is 4.79 Å². The second-order valence-corrected chi connectivity index (χ2v) is 4.83. The van der Waals surface area contributed by atoms with Crippen molar-refractivity contribution in [2.24, 2.45) is 0 Å². The number of pyridine rings is 1. The molecule has 1 aromatic heterocycles. The fraction of sp³-hybridized carbons (Fsp3) is 0.250. The van der Waals surface area contributed by atoms with E-state index in [0.717, 1.165) is 23.4 Å². The third-order valence-electron chi connectivity index (χ3n) is 3.20. The van der Waals surface area contributed by atoms with E-state index in [-0.39, 0.29) is 5.91 Å². The summed E-state index contributed by atoms with van der Waals surface area (Å²) in [5.41, 5.74) is 9.13. The minimum Gasteiger partial charge on any atom is -0.384 e. The summed E-state index contributed by atoms with van der Waals surface area (Å²) in [5, 5.41) is 0. The number of benzene rings is 1. The lowest BCUT2D eigenvalue weighted by Crippen LogP contribution is -2.26. The topological polar surface area (TPSA) is 59.2 Å². The lowest BCUT2D eigenvalue weighted by Gasteiger charge is -2.18. The third-order valence-corrected chi connectivity index (χ3v) is 3.20. The Balaban J connectivity index is 2.33. The van der Waals surface area contributed by atoms with Crippen LogP contribution in [-0.4, -0.2) is 17.9 Å². The molecule has 20 heavy (non-hydrogen) atoms. The Morgan fingerprint density at radius 2 is 2.05 bits per heavy atom. The zero-order valence-corrected chi connectivity index (χ0v) is 12.1. The molecule has 0 saturated carbocycles. The van der Waals surface area contributed by atoms with Crippen molar-refractivity contribution in [1.82, 2.24) is 4.98 Å². The first-order chi connectivity index (χ1) is 9.51. The number of nitrogen functional groups attached to an aromatic ring is 1. The van der Waals surface area contributed by atoms with E-state index in [1.165, 1.54) is 0 Å². The lowest BCUT2D eigenvalue weighted by atomic mass is 10.1. The predicted octanol–water partition coefficient (Wildman–Crippen LogP) is 2.81. The number of hydrogen-bond donors (Lipinski definition) is 1. The van der Waals surface area contributed by atoms with Crippen LogP contribution in [0.15, 0.2) is 36.4 Å². The van der Waals surface area contributed by atoms with E-state index in [1.54, 1.807) is 24.1 Å². The summed E-state index contributed by atoms with van der Waals surface area (Å²) in [5.74, 6) is 0.296. The van der Waals surface area contributed by atoms with E-state index >= 15 is 0 Å². The second-order valence-electron chi connectivity index (χ2n) is 4.83. The largest absolute Gasteiger partial charge is 0.384 e. The smallest absolute Gasteiger partial charge is 0.258 e. The number of carbonyl (C=O) groups is 1. The lowest BCUT2D eigenvalue weighted by molar-refractivity contribution is 0.0993. The van der Waals surface area contributed by atoms with Gasteiger partial charge in [-0.25, -0.2) is 4.98 Å². The highest BCUT2D eigenvalue weighted by atomic mass is 16.2. The van der Waals surface area contributed by atoms with Gasteiger partial charge in [0.1, 0.15) is 5.82 Å². The Morgan fingerprint density at radius 3 is 2.70 bits per heavy atom. The summed E-state index contributed by atoms with van der Waals surface area (Å²) in [7, 11) is 1.76. The van der Waals surface area contributed by atoms with Crippen molar-refractivity contribution in [2.45, 2.75) is 20.3 Å². The maximum absolute atomic E-state index is 12.5. The van der Waals surface area contributed by atoms with Gasteiger partial charge in [0.2, 0.25) is 0 Å². The number of aryl methyl sites for hydroxylation is 2. The number of rotatable bonds is 3. The molecule has 104 valence electrons. The Labute approximate surface area is 119 Å². The number of nitrogens with two attached hydrogens (primary N) is 1. The molecule has 0 fully saturated rings. The second kappa shape index (κ2) is 5.74. The van der Waals surface area contributed by atoms with Crippen LogP contribution in [0, 0.1) is 6.92 Å². The maximum atomic E-state index is 12.5. The van der Waals surface area contributed by atoms with Crippen LogP contribution in [-0.2, 0) is 6.42 Å². The molecule has 4 heteroatoms. The van der Waals surface area contributed by atoms with Crippen molar-refractivity contribution in [2.75, 3.05) is 17.7 Å². The Morgan fingerprint density at radius 1 is 1.30 bits per heavy atom. The molecule has 0 bridgehead atoms. The SMILES string of the molecule is CCc1cc(C(=O)N(C)c2cccc(C)c2)cc(N)n1. The van der Waals surface area contributed by atoms with Gasteiger partial charge in [-0.15, -0.1) is 0 Å². The molecular weight excluding hydrogens is 250 g/mol. The average Bonchev–Trinajstić information content (AvgIpc) is 2.45. The van der Waals surface area contributed by atoms with Crippen LogP contribution in [0.25, 0.3) is 0 Å². The van der Waals surface area contributed by atoms with Gasteiger partial charge in [0.15, 0.2) is 0 Å². The van der Waals surface area contributed by atoms with E-state index in [4.69, 9.17) is 5.73 Å². The molecule has 0 saturated heterocycles. The molecule has 0 aliphatic heterocycles. The first kappa shape index (κ1) is 14.1. The van der Waals surface area contributed by atoms with Crippen LogP contribution in [0.5, 0.6) is 0 Å². The van der Waals surface area contributed by atoms with E-state index < -0.39 is 0 Å². The predicted molar refractivity (Wildman–Crippen MR) is 81.9 cm³/mol. The number of aromatic nitrogens is 1. The molecule has 0 atom stereocenters. The molecule has 1 amide bonds. The van der Waals surface area contributed by atoms with Crippen molar-refractivity contribution in [3.8, 4) is 0 Å². The molecule has 4 nitrogen and oxygen atoms in total. The van der Waals surface area contributed by atoms with Crippen LogP contribution >= 0.6 is 0 Å². The molecule has 2 N–H and O–H groups in total. The van der Waals surface area contributed by atoms with Crippen molar-refractivity contribution in [1.29, 1.82) is 0 Å². The van der Waals surface area contributed by atoms with Crippen molar-refractivity contribution < 1.29 is 4.79 Å². The molecule has 1 heterocycles. The average molecular weight is 269 g/mol. The highest BCUT2D eigenvalue weighted by Crippen LogP contribution is 2.18. The molecule has 0 aliphatic carbocycles. The fourth-order valence-corrected chi connectivity index (χ4v) is 2.06. The number of hydrogen-bond acceptors (Lipinski definition) is 3. The molecule has 0 aliphatic rings. The van der Waals surface area contributed by atoms with Crippen molar-refractivity contribution in [3.05, 3.63) is 53.2 Å². The van der Waals surface area contributed by atoms with E-state index in [0.29, 0.717) is 11.4 Å². The highest BCUT2D eigenvalue weighted by molar-refractivity contribution is 6.06. The normalized spacial score (nSPS) is 10.3. The monoisotopic (exact) mass is 269 g/mol. The maximum Gasteiger partial charge on any atom is 0.258 e. The summed E-state index contributed by atoms with van der Waals surface area (Å²) in [6.45, 7) is 3.99. The third kappa shape index (κ3) is 2.96. The number of amides is 1. The Hall–Kier alpha value is -2.36. The fourth-order valence-electron chi connectivity index (χ4n) is 2.06. The minimum atomic E-state index is -0.0839. The van der Waals surface area contributed by atoms with E-state index in [1.807, 2.05) is 38.1 Å². The van der Waals surface area contributed by atoms with Gasteiger partial charge in [-0.05, 0) is 43.2 Å². The van der Waals surface area contributed by atoms with Gasteiger partial charge in [-0.1, -0.05) is 19.1 Å². The van der Waals surface area contributed by atoms with Crippen molar-refractivity contribution in [3.63, 3.8) is 0 Å². The molecule has 0 spiro atoms. The van der Waals surface area contributed by atoms with Gasteiger partial charge < -0.3 is 10.6 Å². The van der Waals surface area contributed by atoms with Crippen LogP contribution in [0.4, 0.5) is 11.5 Å². The van der Waals surface area contributed by atoms with Gasteiger partial charge in [-0.2, -0.15) is 0 Å². The van der Waals surface area contributed by atoms with Gasteiger partial charge >= 0.3 is 0 Å². The van der Waals surface area contributed by atoms with E-state index in [2.05, 4.69) is 4.98 Å². The van der Waals surface area contributed by atoms with Crippen LogP contribution in [0.1, 0.15) is 28.5 Å². The van der Waals surface area contributed by atoms with Gasteiger partial charge in [-0.3, -0.25) is 4.79 Å². The molecule has 0 unspecified atom stereocenters. The van der Waals surface area contributed by atoms with Gasteiger partial charge in [0.05, 0.1) is 0 Å². The van der Waals surface area contributed by atoms with Crippen molar-refractivity contribution >= 4 is 17.4 Å². The van der Waals surface area contributed by atoms with Crippen LogP contribution < -0.4 is 10.6 Å². The quantitative estimate of drug-likeness (QED) is 0.932. The summed E-state index contributed by atoms with van der Waals surface area (Å²) in [6, 6.07) is 11.2. The molecule has 2 aromatic rings. The number of nitrogens with zero attached hydrogens (tertiary/aromatic N) is 2. The van der Waals surface area contributed by atoms with Gasteiger partial charge in [0, 0.05) is 24.0 Å². The highest BCUT2D eigenvalue weighted by Gasteiger charge is 2.15. The van der Waals surface area contributed by atoms with Crippen LogP contribution in [0.3, 0.4) is 0 Å². The van der Waals surface area contributed by atoms with Gasteiger partial charge in [0.25, 0.3) is 5.91 Å². The first-order valence-corrected chi connectivity index (χ1v) is 6.62. The number of anilines is 2. The molecular formula is C16H19N3O. The molecule has 0 radical (unpaired) electrons. The number of carbonyl (C=O) groups excluding carboxylic acids is 1. The summed E-state index contributed by atoms with van der Waals surface area (Å²) in [6.07, 6.45) is 0.749. The summed E-state index contributed by atoms with van der Waals surface area (Å²) in [4.78, 5) is 18.3. The molecule has 1 aromatic carbocycles. The molecule has 2 rings (SSSR count). The first-order valence-electron chi connectivity index (χ1n) is 6.62. The standard InChI is InChI=1S/C16H19N3O/c1-4-13-9-12(10-15(17)18-13)16(20)19(3)14-7-5-6-11(2)8-14/h5-10H,4H2,1-3H3,(H2,17,18). The minimum absolute atomic E-state index is 0.0839. The Bertz CT molecular complexity index is 637. The summed E-state index contributed by atoms with van der Waals surface area (Å²) < 4.78 is 0.